The van der Waals surface area contributed by atoms with E-state index in [1.54, 1.807) is 18.0 Å². The topological polar surface area (TPSA) is 40.6 Å². The number of ketones is 1. The Morgan fingerprint density at radius 3 is 2.38 bits per heavy atom. The van der Waals surface area contributed by atoms with Gasteiger partial charge >= 0.3 is 0 Å². The minimum absolute atomic E-state index is 0.146. The normalized spacial score (nSPS) is 18.1. The van der Waals surface area contributed by atoms with E-state index in [1.807, 2.05) is 14.0 Å². The number of nitrogens with zero attached hydrogens (tertiary/aromatic N) is 2. The second-order valence-electron chi connectivity index (χ2n) is 4.37. The van der Waals surface area contributed by atoms with Gasteiger partial charge < -0.3 is 9.80 Å². The van der Waals surface area contributed by atoms with Crippen molar-refractivity contribution in [3.05, 3.63) is 11.6 Å². The molecule has 1 saturated heterocycles. The Balaban J connectivity index is 2.68. The zero-order valence-corrected chi connectivity index (χ0v) is 10.5. The van der Waals surface area contributed by atoms with Gasteiger partial charge in [0.15, 0.2) is 5.78 Å². The SMILES string of the molecule is CC/C=C(/C(C)=O)C(=O)N(C)C1CN(C)C1. The van der Waals surface area contributed by atoms with Crippen molar-refractivity contribution in [2.75, 3.05) is 27.2 Å². The number of likely N-dealkylation sites (N-methyl/N-ethyl adjacent to an activating group) is 2. The third-order valence-corrected chi connectivity index (χ3v) is 2.93. The molecule has 1 heterocycles. The van der Waals surface area contributed by atoms with E-state index in [9.17, 15) is 9.59 Å². The lowest BCUT2D eigenvalue weighted by molar-refractivity contribution is -0.132. The van der Waals surface area contributed by atoms with Crippen LogP contribution in [0.3, 0.4) is 0 Å². The van der Waals surface area contributed by atoms with Crippen LogP contribution in [-0.2, 0) is 9.59 Å². The second-order valence-corrected chi connectivity index (χ2v) is 4.37. The van der Waals surface area contributed by atoms with E-state index in [0.717, 1.165) is 13.1 Å². The van der Waals surface area contributed by atoms with Crippen LogP contribution in [0.2, 0.25) is 0 Å². The summed E-state index contributed by atoms with van der Waals surface area (Å²) in [4.78, 5) is 27.2. The molecular weight excluding hydrogens is 204 g/mol. The van der Waals surface area contributed by atoms with Gasteiger partial charge in [-0.2, -0.15) is 0 Å². The highest BCUT2D eigenvalue weighted by molar-refractivity contribution is 6.18. The first kappa shape index (κ1) is 12.9. The van der Waals surface area contributed by atoms with Crippen LogP contribution in [0.1, 0.15) is 20.3 Å². The number of amides is 1. The average Bonchev–Trinajstić information content (AvgIpc) is 2.19. The Kier molecular flexibility index (Phi) is 4.24. The molecule has 0 aromatic rings. The van der Waals surface area contributed by atoms with Crippen LogP contribution in [0.15, 0.2) is 11.6 Å². The highest BCUT2D eigenvalue weighted by Gasteiger charge is 2.31. The molecule has 0 saturated carbocycles. The van der Waals surface area contributed by atoms with Crippen LogP contribution in [0.5, 0.6) is 0 Å². The molecule has 0 atom stereocenters. The highest BCUT2D eigenvalue weighted by atomic mass is 16.2. The minimum atomic E-state index is -0.147. The Morgan fingerprint density at radius 1 is 1.44 bits per heavy atom. The number of rotatable bonds is 4. The van der Waals surface area contributed by atoms with E-state index >= 15 is 0 Å². The molecule has 1 amide bonds. The van der Waals surface area contributed by atoms with Gasteiger partial charge in [-0.15, -0.1) is 0 Å². The molecule has 1 rings (SSSR count). The Labute approximate surface area is 96.9 Å². The molecule has 0 aromatic carbocycles. The second kappa shape index (κ2) is 5.25. The molecule has 0 aromatic heterocycles. The van der Waals surface area contributed by atoms with Crippen molar-refractivity contribution >= 4 is 11.7 Å². The summed E-state index contributed by atoms with van der Waals surface area (Å²) in [5, 5.41) is 0. The molecule has 0 N–H and O–H groups in total. The van der Waals surface area contributed by atoms with Gasteiger partial charge in [-0.1, -0.05) is 13.0 Å². The first-order chi connectivity index (χ1) is 7.47. The van der Waals surface area contributed by atoms with Gasteiger partial charge in [0, 0.05) is 20.1 Å². The summed E-state index contributed by atoms with van der Waals surface area (Å²) >= 11 is 0. The third kappa shape index (κ3) is 2.70. The molecule has 4 nitrogen and oxygen atoms in total. The number of likely N-dealkylation sites (tertiary alicyclic amines) is 1. The molecule has 0 bridgehead atoms. The Bertz CT molecular complexity index is 317. The molecule has 0 radical (unpaired) electrons. The molecule has 0 spiro atoms. The van der Waals surface area contributed by atoms with Crippen LogP contribution in [0.25, 0.3) is 0 Å². The van der Waals surface area contributed by atoms with Crippen LogP contribution < -0.4 is 0 Å². The highest BCUT2D eigenvalue weighted by Crippen LogP contribution is 2.14. The van der Waals surface area contributed by atoms with Crippen molar-refractivity contribution in [2.24, 2.45) is 0 Å². The number of carbonyl (C=O) groups excluding carboxylic acids is 2. The lowest BCUT2D eigenvalue weighted by atomic mass is 10.1. The summed E-state index contributed by atoms with van der Waals surface area (Å²) in [7, 11) is 3.79. The predicted octanol–water partition coefficient (Wildman–Crippen LogP) is 0.684. The summed E-state index contributed by atoms with van der Waals surface area (Å²) in [5.74, 6) is -0.293. The van der Waals surface area contributed by atoms with E-state index in [2.05, 4.69) is 4.90 Å². The Hall–Kier alpha value is -1.16. The van der Waals surface area contributed by atoms with E-state index in [1.165, 1.54) is 6.92 Å². The maximum absolute atomic E-state index is 12.0. The van der Waals surface area contributed by atoms with Crippen molar-refractivity contribution < 1.29 is 9.59 Å². The van der Waals surface area contributed by atoms with Crippen molar-refractivity contribution in [1.82, 2.24) is 9.80 Å². The van der Waals surface area contributed by atoms with E-state index in [4.69, 9.17) is 0 Å². The standard InChI is InChI=1S/C12H20N2O2/c1-5-6-11(9(2)15)12(16)14(4)10-7-13(3)8-10/h6,10H,5,7-8H2,1-4H3/b11-6-. The predicted molar refractivity (Wildman–Crippen MR) is 63.1 cm³/mol. The number of hydrogen-bond donors (Lipinski definition) is 0. The Morgan fingerprint density at radius 2 is 2.00 bits per heavy atom. The fraction of sp³-hybridized carbons (Fsp3) is 0.667. The van der Waals surface area contributed by atoms with Crippen molar-refractivity contribution in [1.29, 1.82) is 0 Å². The lowest BCUT2D eigenvalue weighted by Crippen LogP contribution is -2.58. The van der Waals surface area contributed by atoms with Crippen LogP contribution in [0, 0.1) is 0 Å². The van der Waals surface area contributed by atoms with Crippen LogP contribution >= 0.6 is 0 Å². The molecule has 0 aliphatic carbocycles. The molecule has 4 heteroatoms. The number of Topliss-reactive ketones (excluding diaryl/α,β-unsaturated/α-hetero) is 1. The van der Waals surface area contributed by atoms with Crippen molar-refractivity contribution in [3.63, 3.8) is 0 Å². The van der Waals surface area contributed by atoms with Crippen molar-refractivity contribution in [3.8, 4) is 0 Å². The molecule has 90 valence electrons. The molecular formula is C12H20N2O2. The maximum atomic E-state index is 12.0. The first-order valence-corrected chi connectivity index (χ1v) is 5.64. The van der Waals surface area contributed by atoms with E-state index in [-0.39, 0.29) is 17.7 Å². The van der Waals surface area contributed by atoms with Crippen LogP contribution in [0.4, 0.5) is 0 Å². The largest absolute Gasteiger partial charge is 0.336 e. The zero-order chi connectivity index (χ0) is 12.3. The summed E-state index contributed by atoms with van der Waals surface area (Å²) in [5.41, 5.74) is 0.319. The van der Waals surface area contributed by atoms with Gasteiger partial charge in [0.05, 0.1) is 11.6 Å². The summed E-state index contributed by atoms with van der Waals surface area (Å²) in [6, 6.07) is 0.247. The zero-order valence-electron chi connectivity index (χ0n) is 10.5. The summed E-state index contributed by atoms with van der Waals surface area (Å²) in [6.45, 7) is 5.15. The van der Waals surface area contributed by atoms with Gasteiger partial charge in [0.1, 0.15) is 0 Å². The van der Waals surface area contributed by atoms with Gasteiger partial charge in [-0.3, -0.25) is 9.59 Å². The summed E-state index contributed by atoms with van der Waals surface area (Å²) in [6.07, 6.45) is 2.42. The maximum Gasteiger partial charge on any atom is 0.257 e. The van der Waals surface area contributed by atoms with Gasteiger partial charge in [0.2, 0.25) is 0 Å². The van der Waals surface area contributed by atoms with Crippen molar-refractivity contribution in [2.45, 2.75) is 26.3 Å². The van der Waals surface area contributed by atoms with Gasteiger partial charge in [-0.05, 0) is 20.4 Å². The van der Waals surface area contributed by atoms with Crippen LogP contribution in [-0.4, -0.2) is 54.7 Å². The van der Waals surface area contributed by atoms with E-state index in [0.29, 0.717) is 12.0 Å². The summed E-state index contributed by atoms with van der Waals surface area (Å²) < 4.78 is 0. The monoisotopic (exact) mass is 224 g/mol. The molecule has 1 aliphatic heterocycles. The minimum Gasteiger partial charge on any atom is -0.336 e. The lowest BCUT2D eigenvalue weighted by Gasteiger charge is -2.42. The molecule has 16 heavy (non-hydrogen) atoms. The quantitative estimate of drug-likeness (QED) is 0.400. The first-order valence-electron chi connectivity index (χ1n) is 5.64. The number of carbonyl (C=O) groups is 2. The fourth-order valence-electron chi connectivity index (χ4n) is 1.85. The van der Waals surface area contributed by atoms with Gasteiger partial charge in [-0.25, -0.2) is 0 Å². The molecule has 1 fully saturated rings. The third-order valence-electron chi connectivity index (χ3n) is 2.93. The molecule has 0 unspecified atom stereocenters. The van der Waals surface area contributed by atoms with Gasteiger partial charge in [0.25, 0.3) is 5.91 Å². The fourth-order valence-corrected chi connectivity index (χ4v) is 1.85. The average molecular weight is 224 g/mol. The van der Waals surface area contributed by atoms with E-state index < -0.39 is 0 Å². The molecule has 1 aliphatic rings. The number of hydrogen-bond acceptors (Lipinski definition) is 3. The smallest absolute Gasteiger partial charge is 0.257 e. The number of allylic oxidation sites excluding steroid dienone is 1.